The summed E-state index contributed by atoms with van der Waals surface area (Å²) in [7, 11) is 3.29. The van der Waals surface area contributed by atoms with E-state index in [4.69, 9.17) is 4.74 Å². The number of thiophene rings is 1. The monoisotopic (exact) mass is 414 g/mol. The molecule has 0 radical (unpaired) electrons. The van der Waals surface area contributed by atoms with Crippen LogP contribution in [0.5, 0.6) is 5.75 Å². The molecule has 2 amide bonds. The molecule has 4 rings (SSSR count). The number of amides is 2. The van der Waals surface area contributed by atoms with E-state index in [2.05, 4.69) is 16.8 Å². The van der Waals surface area contributed by atoms with Gasteiger partial charge >= 0.3 is 0 Å². The second kappa shape index (κ2) is 8.55. The Balaban J connectivity index is 1.34. The van der Waals surface area contributed by atoms with Crippen LogP contribution in [-0.4, -0.2) is 50.5 Å². The molecule has 6 nitrogen and oxygen atoms in total. The quantitative estimate of drug-likeness (QED) is 0.726. The smallest absolute Gasteiger partial charge is 0.277 e. The topological polar surface area (TPSA) is 63.1 Å². The minimum atomic E-state index is -0.207. The van der Waals surface area contributed by atoms with Crippen molar-refractivity contribution in [1.29, 1.82) is 0 Å². The lowest BCUT2D eigenvalue weighted by atomic mass is 9.96. The number of likely N-dealkylation sites (N-methyl/N-ethyl adjacent to an activating group) is 1. The number of nitrogens with zero attached hydrogens (tertiary/aromatic N) is 1. The maximum atomic E-state index is 12.8. The van der Waals surface area contributed by atoms with Gasteiger partial charge in [-0.3, -0.25) is 9.59 Å². The van der Waals surface area contributed by atoms with Gasteiger partial charge in [0.1, 0.15) is 11.8 Å². The van der Waals surface area contributed by atoms with Crippen molar-refractivity contribution in [3.05, 3.63) is 46.2 Å². The van der Waals surface area contributed by atoms with Crippen LogP contribution in [0.25, 0.3) is 0 Å². The number of ether oxygens (including phenoxy) is 1. The van der Waals surface area contributed by atoms with Gasteiger partial charge in [-0.1, -0.05) is 6.07 Å². The first kappa shape index (κ1) is 19.9. The predicted molar refractivity (Wildman–Crippen MR) is 113 cm³/mol. The third-order valence-corrected chi connectivity index (χ3v) is 6.86. The summed E-state index contributed by atoms with van der Waals surface area (Å²) in [6.45, 7) is 1.48. The van der Waals surface area contributed by atoms with Gasteiger partial charge in [-0.25, -0.2) is 0 Å². The Morgan fingerprint density at radius 2 is 2.14 bits per heavy atom. The molecule has 29 heavy (non-hydrogen) atoms. The molecule has 2 atom stereocenters. The highest BCUT2D eigenvalue weighted by Gasteiger charge is 2.44. The van der Waals surface area contributed by atoms with E-state index < -0.39 is 0 Å². The van der Waals surface area contributed by atoms with E-state index in [9.17, 15) is 9.59 Å². The maximum absolute atomic E-state index is 12.8. The molecule has 2 aromatic rings. The summed E-state index contributed by atoms with van der Waals surface area (Å²) in [5, 5.41) is 5.01. The summed E-state index contributed by atoms with van der Waals surface area (Å²) < 4.78 is 5.18. The zero-order chi connectivity index (χ0) is 20.4. The van der Waals surface area contributed by atoms with Crippen LogP contribution in [0.2, 0.25) is 0 Å². The first-order valence-electron chi connectivity index (χ1n) is 10.1. The number of carbonyl (C=O) groups is 2. The zero-order valence-electron chi connectivity index (χ0n) is 16.9. The number of nitrogens with one attached hydrogen (secondary N) is 2. The average molecular weight is 415 g/mol. The number of hydrogen-bond donors (Lipinski definition) is 2. The van der Waals surface area contributed by atoms with Crippen LogP contribution in [0.4, 0.5) is 5.69 Å². The molecule has 1 aliphatic carbocycles. The van der Waals surface area contributed by atoms with Crippen molar-refractivity contribution in [2.24, 2.45) is 5.92 Å². The van der Waals surface area contributed by atoms with Gasteiger partial charge in [-0.2, -0.15) is 0 Å². The minimum Gasteiger partial charge on any atom is -0.497 e. The van der Waals surface area contributed by atoms with Crippen LogP contribution >= 0.6 is 11.3 Å². The molecular weight excluding hydrogens is 386 g/mol. The highest BCUT2D eigenvalue weighted by atomic mass is 32.1. The maximum Gasteiger partial charge on any atom is 0.277 e. The Bertz CT molecular complexity index is 893. The van der Waals surface area contributed by atoms with Crippen LogP contribution in [0.15, 0.2) is 35.7 Å². The van der Waals surface area contributed by atoms with Gasteiger partial charge in [0.2, 0.25) is 5.91 Å². The van der Waals surface area contributed by atoms with E-state index in [1.54, 1.807) is 26.3 Å². The van der Waals surface area contributed by atoms with Crippen LogP contribution in [0.3, 0.4) is 0 Å². The molecule has 2 N–H and O–H groups in total. The second-order valence-electron chi connectivity index (χ2n) is 7.98. The first-order valence-corrected chi connectivity index (χ1v) is 11.0. The van der Waals surface area contributed by atoms with Crippen molar-refractivity contribution >= 4 is 28.8 Å². The number of fused-ring (bicyclic) bond motifs is 1. The zero-order valence-corrected chi connectivity index (χ0v) is 17.8. The lowest BCUT2D eigenvalue weighted by Crippen LogP contribution is -3.14. The fraction of sp³-hybridized carbons (Fsp3) is 0.455. The summed E-state index contributed by atoms with van der Waals surface area (Å²) in [4.78, 5) is 29.6. The summed E-state index contributed by atoms with van der Waals surface area (Å²) >= 11 is 1.84. The van der Waals surface area contributed by atoms with Crippen molar-refractivity contribution in [3.8, 4) is 5.75 Å². The average Bonchev–Trinajstić information content (AvgIpc) is 3.43. The van der Waals surface area contributed by atoms with E-state index >= 15 is 0 Å². The van der Waals surface area contributed by atoms with E-state index in [1.807, 2.05) is 23.5 Å². The summed E-state index contributed by atoms with van der Waals surface area (Å²) in [6, 6.07) is 9.89. The number of benzene rings is 1. The lowest BCUT2D eigenvalue weighted by Gasteiger charge is -2.33. The van der Waals surface area contributed by atoms with E-state index in [-0.39, 0.29) is 18.4 Å². The molecule has 1 aromatic heterocycles. The summed E-state index contributed by atoms with van der Waals surface area (Å²) in [5.41, 5.74) is 2.11. The molecule has 154 valence electrons. The standard InChI is InChI=1S/C22H27N3O3S/c1-24(13-20(26)23-16-4-3-5-17(12-16)28-2)21(27)14-25-10-8-19-18(9-11-29-19)22(25)15-6-7-15/h3-5,9,11-12,15,22H,6-8,10,13-14H2,1-2H3,(H,23,26)/p+1/t22-/m1/s1. The Labute approximate surface area is 175 Å². The van der Waals surface area contributed by atoms with E-state index in [1.165, 1.54) is 33.1 Å². The third kappa shape index (κ3) is 4.62. The molecule has 2 aliphatic rings. The summed E-state index contributed by atoms with van der Waals surface area (Å²) in [6.07, 6.45) is 3.56. The van der Waals surface area contributed by atoms with E-state index in [0.717, 1.165) is 13.0 Å². The molecule has 1 saturated carbocycles. The predicted octanol–water partition coefficient (Wildman–Crippen LogP) is 1.75. The Hall–Kier alpha value is -2.38. The Morgan fingerprint density at radius 3 is 2.90 bits per heavy atom. The minimum absolute atomic E-state index is 0.0186. The Morgan fingerprint density at radius 1 is 1.31 bits per heavy atom. The van der Waals surface area contributed by atoms with Crippen molar-refractivity contribution in [2.75, 3.05) is 39.1 Å². The number of methoxy groups -OCH3 is 1. The largest absolute Gasteiger partial charge is 0.497 e. The van der Waals surface area contributed by atoms with Crippen molar-refractivity contribution < 1.29 is 19.2 Å². The molecule has 0 bridgehead atoms. The van der Waals surface area contributed by atoms with Gasteiger partial charge in [-0.15, -0.1) is 11.3 Å². The molecule has 7 heteroatoms. The molecule has 0 spiro atoms. The first-order chi connectivity index (χ1) is 14.0. The highest BCUT2D eigenvalue weighted by molar-refractivity contribution is 7.10. The number of hydrogen-bond acceptors (Lipinski definition) is 4. The van der Waals surface area contributed by atoms with Crippen LogP contribution in [0.1, 0.15) is 29.3 Å². The van der Waals surface area contributed by atoms with Gasteiger partial charge in [0.15, 0.2) is 6.54 Å². The van der Waals surface area contributed by atoms with Gasteiger partial charge in [-0.05, 0) is 36.4 Å². The SMILES string of the molecule is COc1cccc(NC(=O)CN(C)C(=O)C[NH+]2CCc3sccc3[C@H]2C2CC2)c1. The number of quaternary nitrogens is 1. The van der Waals surface area contributed by atoms with Gasteiger partial charge in [0.05, 0.1) is 20.2 Å². The lowest BCUT2D eigenvalue weighted by molar-refractivity contribution is -0.929. The molecule has 1 fully saturated rings. The van der Waals surface area contributed by atoms with Crippen molar-refractivity contribution in [3.63, 3.8) is 0 Å². The normalized spacial score (nSPS) is 20.6. The fourth-order valence-electron chi connectivity index (χ4n) is 4.23. The summed E-state index contributed by atoms with van der Waals surface area (Å²) in [5.74, 6) is 1.19. The van der Waals surface area contributed by atoms with Crippen LogP contribution in [-0.2, 0) is 16.0 Å². The third-order valence-electron chi connectivity index (χ3n) is 5.86. The van der Waals surface area contributed by atoms with Crippen LogP contribution < -0.4 is 15.0 Å². The molecule has 2 heterocycles. The molecule has 0 saturated heterocycles. The Kier molecular flexibility index (Phi) is 5.87. The fourth-order valence-corrected chi connectivity index (χ4v) is 5.16. The number of anilines is 1. The van der Waals surface area contributed by atoms with Crippen molar-refractivity contribution in [2.45, 2.75) is 25.3 Å². The van der Waals surface area contributed by atoms with Crippen LogP contribution in [0, 0.1) is 5.92 Å². The van der Waals surface area contributed by atoms with Gasteiger partial charge in [0, 0.05) is 41.6 Å². The highest BCUT2D eigenvalue weighted by Crippen LogP contribution is 2.42. The van der Waals surface area contributed by atoms with E-state index in [0.29, 0.717) is 29.9 Å². The van der Waals surface area contributed by atoms with Crippen molar-refractivity contribution in [1.82, 2.24) is 4.90 Å². The molecule has 1 aromatic carbocycles. The molecule has 1 unspecified atom stereocenters. The number of carbonyl (C=O) groups excluding carboxylic acids is 2. The van der Waals surface area contributed by atoms with Gasteiger partial charge < -0.3 is 19.9 Å². The number of rotatable bonds is 7. The molecular formula is C22H28N3O3S+. The second-order valence-corrected chi connectivity index (χ2v) is 8.98. The molecule has 1 aliphatic heterocycles. The van der Waals surface area contributed by atoms with Gasteiger partial charge in [0.25, 0.3) is 5.91 Å².